The van der Waals surface area contributed by atoms with Gasteiger partial charge in [-0.25, -0.2) is 9.97 Å². The van der Waals surface area contributed by atoms with Gasteiger partial charge in [-0.15, -0.1) is 0 Å². The predicted octanol–water partition coefficient (Wildman–Crippen LogP) is 2.79. The van der Waals surface area contributed by atoms with Gasteiger partial charge in [-0.1, -0.05) is 11.6 Å². The molecule has 1 fully saturated rings. The molecule has 0 aromatic carbocycles. The van der Waals surface area contributed by atoms with Crippen molar-refractivity contribution < 1.29 is 0 Å². The molecule has 1 N–H and O–H groups in total. The number of piperidine rings is 1. The monoisotopic (exact) mass is 276 g/mol. The summed E-state index contributed by atoms with van der Waals surface area (Å²) in [6.07, 6.45) is 4.01. The third-order valence-electron chi connectivity index (χ3n) is 3.60. The largest absolute Gasteiger partial charge is 0.367 e. The van der Waals surface area contributed by atoms with Gasteiger partial charge in [0.25, 0.3) is 0 Å². The number of halogens is 1. The molecule has 0 radical (unpaired) electrons. The van der Waals surface area contributed by atoms with E-state index >= 15 is 0 Å². The van der Waals surface area contributed by atoms with Gasteiger partial charge in [-0.3, -0.25) is 0 Å². The Morgan fingerprint density at radius 1 is 1.37 bits per heavy atom. The number of aromatic nitrogens is 2. The summed E-state index contributed by atoms with van der Waals surface area (Å²) in [6.45, 7) is 2.24. The Morgan fingerprint density at radius 3 is 2.95 bits per heavy atom. The summed E-state index contributed by atoms with van der Waals surface area (Å²) < 4.78 is 0. The molecule has 0 aliphatic carbocycles. The van der Waals surface area contributed by atoms with Gasteiger partial charge >= 0.3 is 0 Å². The predicted molar refractivity (Wildman–Crippen MR) is 78.7 cm³/mol. The normalized spacial score (nSPS) is 17.8. The molecule has 0 spiro atoms. The second kappa shape index (κ2) is 5.31. The van der Waals surface area contributed by atoms with E-state index in [2.05, 4.69) is 27.2 Å². The van der Waals surface area contributed by atoms with Crippen molar-refractivity contribution in [3.8, 4) is 0 Å². The maximum atomic E-state index is 6.27. The maximum Gasteiger partial charge on any atom is 0.162 e. The first kappa shape index (κ1) is 12.6. The van der Waals surface area contributed by atoms with Gasteiger partial charge in [-0.2, -0.15) is 0 Å². The van der Waals surface area contributed by atoms with E-state index < -0.39 is 0 Å². The number of hydrogen-bond acceptors (Lipinski definition) is 4. The second-order valence-electron chi connectivity index (χ2n) is 5.09. The molecular formula is C14H17ClN4. The summed E-state index contributed by atoms with van der Waals surface area (Å²) in [4.78, 5) is 11.1. The molecule has 1 saturated heterocycles. The lowest BCUT2D eigenvalue weighted by molar-refractivity contribution is 0.263. The third-order valence-corrected chi connectivity index (χ3v) is 3.92. The molecular weight excluding hydrogens is 260 g/mol. The smallest absolute Gasteiger partial charge is 0.162 e. The summed E-state index contributed by atoms with van der Waals surface area (Å²) in [6, 6.07) is 6.18. The van der Waals surface area contributed by atoms with Crippen molar-refractivity contribution in [1.29, 1.82) is 0 Å². The highest BCUT2D eigenvalue weighted by Crippen LogP contribution is 2.24. The summed E-state index contributed by atoms with van der Waals surface area (Å²) in [5, 5.41) is 5.08. The minimum absolute atomic E-state index is 0.473. The second-order valence-corrected chi connectivity index (χ2v) is 5.49. The molecule has 0 atom stereocenters. The van der Waals surface area contributed by atoms with Crippen LogP contribution in [0.3, 0.4) is 0 Å². The van der Waals surface area contributed by atoms with E-state index in [1.807, 2.05) is 18.2 Å². The fourth-order valence-corrected chi connectivity index (χ4v) is 2.70. The zero-order chi connectivity index (χ0) is 13.2. The number of fused-ring (bicyclic) bond motifs is 1. The highest BCUT2D eigenvalue weighted by atomic mass is 35.5. The van der Waals surface area contributed by atoms with Crippen molar-refractivity contribution in [3.05, 3.63) is 29.4 Å². The van der Waals surface area contributed by atoms with Crippen LogP contribution < -0.4 is 5.32 Å². The molecule has 5 heteroatoms. The first-order valence-electron chi connectivity index (χ1n) is 6.59. The van der Waals surface area contributed by atoms with Crippen molar-refractivity contribution in [3.63, 3.8) is 0 Å². The topological polar surface area (TPSA) is 41.0 Å². The summed E-state index contributed by atoms with van der Waals surface area (Å²) >= 11 is 6.27. The Labute approximate surface area is 117 Å². The first-order valence-corrected chi connectivity index (χ1v) is 6.96. The van der Waals surface area contributed by atoms with Crippen LogP contribution in [0, 0.1) is 0 Å². The van der Waals surface area contributed by atoms with Crippen LogP contribution in [0.4, 0.5) is 5.82 Å². The van der Waals surface area contributed by atoms with Crippen molar-refractivity contribution in [2.24, 2.45) is 0 Å². The van der Waals surface area contributed by atoms with Crippen LogP contribution in [-0.4, -0.2) is 41.0 Å². The summed E-state index contributed by atoms with van der Waals surface area (Å²) in [7, 11) is 2.16. The number of nitrogens with one attached hydrogen (secondary N) is 1. The van der Waals surface area contributed by atoms with Crippen molar-refractivity contribution in [2.45, 2.75) is 18.9 Å². The van der Waals surface area contributed by atoms with Gasteiger partial charge in [0.1, 0.15) is 5.82 Å². The van der Waals surface area contributed by atoms with E-state index in [1.54, 1.807) is 6.20 Å². The van der Waals surface area contributed by atoms with Gasteiger partial charge in [0.05, 0.1) is 5.02 Å². The molecule has 1 aliphatic heterocycles. The molecule has 0 bridgehead atoms. The zero-order valence-electron chi connectivity index (χ0n) is 10.9. The molecule has 4 nitrogen and oxygen atoms in total. The van der Waals surface area contributed by atoms with Gasteiger partial charge < -0.3 is 10.2 Å². The minimum Gasteiger partial charge on any atom is -0.367 e. The van der Waals surface area contributed by atoms with Gasteiger partial charge in [0.2, 0.25) is 0 Å². The average molecular weight is 277 g/mol. The Kier molecular flexibility index (Phi) is 3.53. The van der Waals surface area contributed by atoms with Crippen molar-refractivity contribution in [2.75, 3.05) is 25.5 Å². The van der Waals surface area contributed by atoms with Crippen LogP contribution in [0.2, 0.25) is 5.02 Å². The molecule has 3 rings (SSSR count). The van der Waals surface area contributed by atoms with Crippen LogP contribution >= 0.6 is 11.6 Å². The highest BCUT2D eigenvalue weighted by Gasteiger charge is 2.17. The molecule has 2 aromatic heterocycles. The fourth-order valence-electron chi connectivity index (χ4n) is 2.45. The molecule has 2 aromatic rings. The number of hydrogen-bond donors (Lipinski definition) is 1. The maximum absolute atomic E-state index is 6.27. The number of anilines is 1. The quantitative estimate of drug-likeness (QED) is 0.916. The fraction of sp³-hybridized carbons (Fsp3) is 0.429. The van der Waals surface area contributed by atoms with E-state index in [-0.39, 0.29) is 0 Å². The van der Waals surface area contributed by atoms with E-state index in [0.29, 0.717) is 16.7 Å². The van der Waals surface area contributed by atoms with Gasteiger partial charge in [0, 0.05) is 17.6 Å². The number of nitrogens with zero attached hydrogens (tertiary/aromatic N) is 3. The zero-order valence-corrected chi connectivity index (χ0v) is 11.7. The van der Waals surface area contributed by atoms with E-state index in [1.165, 1.54) is 0 Å². The molecule has 0 saturated carbocycles. The average Bonchev–Trinajstić information content (AvgIpc) is 2.42. The van der Waals surface area contributed by atoms with E-state index in [4.69, 9.17) is 11.6 Å². The summed E-state index contributed by atoms with van der Waals surface area (Å²) in [5.41, 5.74) is 0.699. The van der Waals surface area contributed by atoms with Gasteiger partial charge in [-0.05, 0) is 51.2 Å². The highest BCUT2D eigenvalue weighted by molar-refractivity contribution is 6.35. The molecule has 0 amide bonds. The van der Waals surface area contributed by atoms with Crippen molar-refractivity contribution in [1.82, 2.24) is 14.9 Å². The molecule has 1 aliphatic rings. The van der Waals surface area contributed by atoms with Crippen LogP contribution in [0.5, 0.6) is 0 Å². The third kappa shape index (κ3) is 2.80. The lowest BCUT2D eigenvalue weighted by Crippen LogP contribution is -2.36. The number of rotatable bonds is 2. The number of pyridine rings is 2. The number of likely N-dealkylation sites (tertiary alicyclic amines) is 1. The Morgan fingerprint density at radius 2 is 2.16 bits per heavy atom. The summed E-state index contributed by atoms with van der Waals surface area (Å²) in [5.74, 6) is 0.825. The molecule has 3 heterocycles. The van der Waals surface area contributed by atoms with Crippen LogP contribution in [0.1, 0.15) is 12.8 Å². The van der Waals surface area contributed by atoms with E-state index in [9.17, 15) is 0 Å². The van der Waals surface area contributed by atoms with E-state index in [0.717, 1.165) is 37.1 Å². The lowest BCUT2D eigenvalue weighted by atomic mass is 10.1. The Balaban J connectivity index is 1.81. The first-order chi connectivity index (χ1) is 9.22. The van der Waals surface area contributed by atoms with Crippen molar-refractivity contribution >= 4 is 28.5 Å². The minimum atomic E-state index is 0.473. The lowest BCUT2D eigenvalue weighted by Gasteiger charge is -2.29. The molecule has 19 heavy (non-hydrogen) atoms. The molecule has 100 valence electrons. The Hall–Kier alpha value is -1.39. The van der Waals surface area contributed by atoms with Crippen LogP contribution in [-0.2, 0) is 0 Å². The SMILES string of the molecule is CN1CCC(Nc2cc(Cl)c3cccnc3n2)CC1. The Bertz CT molecular complexity index is 579. The van der Waals surface area contributed by atoms with Gasteiger partial charge in [0.15, 0.2) is 5.65 Å². The standard InChI is InChI=1S/C14H17ClN4/c1-19-7-4-10(5-8-19)17-13-9-12(15)11-3-2-6-16-14(11)18-13/h2-3,6,9-10H,4-5,7-8H2,1H3,(H,16,17,18). The van der Waals surface area contributed by atoms with Crippen LogP contribution in [0.15, 0.2) is 24.4 Å². The molecule has 0 unspecified atom stereocenters. The van der Waals surface area contributed by atoms with Crippen LogP contribution in [0.25, 0.3) is 11.0 Å².